The van der Waals surface area contributed by atoms with E-state index in [0.717, 1.165) is 0 Å². The van der Waals surface area contributed by atoms with Gasteiger partial charge in [0.1, 0.15) is 24.7 Å². The summed E-state index contributed by atoms with van der Waals surface area (Å²) in [7, 11) is 0. The van der Waals surface area contributed by atoms with Gasteiger partial charge in [0.15, 0.2) is 22.3 Å². The van der Waals surface area contributed by atoms with Gasteiger partial charge < -0.3 is 31.2 Å². The van der Waals surface area contributed by atoms with Crippen molar-refractivity contribution in [3.63, 3.8) is 0 Å². The number of fused-ring (bicyclic) bond motifs is 2. The molecular weight excluding hydrogens is 518 g/mol. The van der Waals surface area contributed by atoms with Crippen molar-refractivity contribution in [1.29, 1.82) is 0 Å². The number of anilines is 2. The van der Waals surface area contributed by atoms with Crippen molar-refractivity contribution in [1.82, 2.24) is 44.5 Å². The van der Waals surface area contributed by atoms with E-state index in [2.05, 4.69) is 35.4 Å². The van der Waals surface area contributed by atoms with Crippen LogP contribution in [0.15, 0.2) is 22.2 Å². The summed E-state index contributed by atoms with van der Waals surface area (Å²) in [5.41, 5.74) is 14.1. The first-order valence-electron chi connectivity index (χ1n) is 12.3. The molecule has 18 nitrogen and oxygen atoms in total. The van der Waals surface area contributed by atoms with Crippen LogP contribution >= 0.6 is 0 Å². The monoisotopic (exact) mass is 545 g/mol. The minimum atomic E-state index is -0.768. The molecular formula is C21H27N11O7. The number of aromatic nitrogens is 8. The molecule has 4 aromatic heterocycles. The molecule has 0 spiro atoms. The summed E-state index contributed by atoms with van der Waals surface area (Å²) >= 11 is 0. The Labute approximate surface area is 217 Å². The largest absolute Gasteiger partial charge is 0.394 e. The van der Waals surface area contributed by atoms with Crippen molar-refractivity contribution >= 4 is 34.2 Å². The van der Waals surface area contributed by atoms with Crippen molar-refractivity contribution in [2.45, 2.75) is 56.1 Å². The standard InChI is InChI=1S/C21H27N11O7/c22-20-27-16-14(18(35)29-20)24-6-31(16)12-3-8(34)9(37-12)1-2-26-39-10-4-13(38-11(10)5-33)32-7-25-15-17(32)28-21(23)30-19(15)36/h6-13,26,33-34H,1-5H2,(H3,22,27,29,35)(H3,23,28,30,36)/t8-,9+,10-,11+,12+,13+/m0/s1. The number of aliphatic hydroxyl groups is 2. The molecule has 6 rings (SSSR count). The lowest BCUT2D eigenvalue weighted by molar-refractivity contribution is -0.0920. The van der Waals surface area contributed by atoms with Gasteiger partial charge in [0.2, 0.25) is 11.9 Å². The van der Waals surface area contributed by atoms with Crippen molar-refractivity contribution in [3.8, 4) is 0 Å². The third-order valence-corrected chi connectivity index (χ3v) is 6.85. The molecule has 208 valence electrons. The van der Waals surface area contributed by atoms with E-state index in [0.29, 0.717) is 19.4 Å². The second-order valence-electron chi connectivity index (χ2n) is 9.37. The highest BCUT2D eigenvalue weighted by Crippen LogP contribution is 2.33. The number of hydroxylamine groups is 1. The van der Waals surface area contributed by atoms with Gasteiger partial charge in [0.05, 0.1) is 31.5 Å². The van der Waals surface area contributed by atoms with Crippen LogP contribution < -0.4 is 28.1 Å². The number of rotatable bonds is 8. The number of aromatic amines is 2. The third kappa shape index (κ3) is 4.62. The molecule has 0 aromatic carbocycles. The Bertz CT molecular complexity index is 1610. The lowest BCUT2D eigenvalue weighted by Gasteiger charge is -2.19. The van der Waals surface area contributed by atoms with Crippen LogP contribution in [-0.2, 0) is 14.3 Å². The number of nitrogens with zero attached hydrogens (tertiary/aromatic N) is 6. The Hall–Kier alpha value is -3.94. The fourth-order valence-corrected chi connectivity index (χ4v) is 4.98. The van der Waals surface area contributed by atoms with Crippen molar-refractivity contribution in [2.75, 3.05) is 24.6 Å². The highest BCUT2D eigenvalue weighted by atomic mass is 16.7. The number of H-pyrrole nitrogens is 2. The second kappa shape index (κ2) is 9.98. The molecule has 2 saturated heterocycles. The first-order valence-corrected chi connectivity index (χ1v) is 12.3. The maximum Gasteiger partial charge on any atom is 0.280 e. The molecule has 0 unspecified atom stereocenters. The molecule has 0 bridgehead atoms. The molecule has 0 saturated carbocycles. The fraction of sp³-hybridized carbons (Fsp3) is 0.524. The Kier molecular flexibility index (Phi) is 6.49. The molecule has 18 heteroatoms. The summed E-state index contributed by atoms with van der Waals surface area (Å²) in [6.07, 6.45) is 0.261. The maximum absolute atomic E-state index is 12.1. The highest BCUT2D eigenvalue weighted by Gasteiger charge is 2.39. The maximum atomic E-state index is 12.1. The number of imidazole rings is 2. The zero-order chi connectivity index (χ0) is 27.3. The summed E-state index contributed by atoms with van der Waals surface area (Å²) in [5, 5.41) is 20.4. The molecule has 0 amide bonds. The van der Waals surface area contributed by atoms with E-state index in [4.69, 9.17) is 25.8 Å². The molecule has 39 heavy (non-hydrogen) atoms. The van der Waals surface area contributed by atoms with Crippen molar-refractivity contribution in [3.05, 3.63) is 33.4 Å². The van der Waals surface area contributed by atoms with Gasteiger partial charge in [-0.3, -0.25) is 33.5 Å². The van der Waals surface area contributed by atoms with Gasteiger partial charge in [-0.05, 0) is 6.42 Å². The molecule has 2 fully saturated rings. The number of nitrogens with one attached hydrogen (secondary N) is 3. The third-order valence-electron chi connectivity index (χ3n) is 6.85. The quantitative estimate of drug-likeness (QED) is 0.0901. The van der Waals surface area contributed by atoms with Crippen molar-refractivity contribution < 1.29 is 24.5 Å². The molecule has 6 heterocycles. The van der Waals surface area contributed by atoms with Crippen molar-refractivity contribution in [2.24, 2.45) is 0 Å². The van der Waals surface area contributed by atoms with Gasteiger partial charge in [-0.15, -0.1) is 0 Å². The van der Waals surface area contributed by atoms with Gasteiger partial charge >= 0.3 is 0 Å². The minimum absolute atomic E-state index is 0.0414. The second-order valence-corrected chi connectivity index (χ2v) is 9.37. The van der Waals surface area contributed by atoms with E-state index < -0.39 is 48.0 Å². The summed E-state index contributed by atoms with van der Waals surface area (Å²) < 4.78 is 15.1. The van der Waals surface area contributed by atoms with Crippen LogP contribution in [-0.4, -0.2) is 86.8 Å². The van der Waals surface area contributed by atoms with Crippen LogP contribution in [0.3, 0.4) is 0 Å². The lowest BCUT2D eigenvalue weighted by atomic mass is 10.1. The first kappa shape index (κ1) is 25.3. The van der Waals surface area contributed by atoms with E-state index in [-0.39, 0.29) is 47.3 Å². The molecule has 0 radical (unpaired) electrons. The number of nitrogens with two attached hydrogens (primary N) is 2. The smallest absolute Gasteiger partial charge is 0.280 e. The summed E-state index contributed by atoms with van der Waals surface area (Å²) in [6, 6.07) is 0. The van der Waals surface area contributed by atoms with Crippen LogP contribution in [0, 0.1) is 0 Å². The Balaban J connectivity index is 1.05. The molecule has 0 aliphatic carbocycles. The summed E-state index contributed by atoms with van der Waals surface area (Å²) in [4.78, 5) is 51.1. The summed E-state index contributed by atoms with van der Waals surface area (Å²) in [5.74, 6) is -0.0884. The van der Waals surface area contributed by atoms with Gasteiger partial charge in [0, 0.05) is 19.4 Å². The van der Waals surface area contributed by atoms with E-state index in [9.17, 15) is 19.8 Å². The van der Waals surface area contributed by atoms with E-state index in [1.165, 1.54) is 12.7 Å². The average Bonchev–Trinajstić information content (AvgIpc) is 3.66. The topological polar surface area (TPSA) is 259 Å². The number of ether oxygens (including phenoxy) is 2. The number of hydrogen-bond acceptors (Lipinski definition) is 14. The van der Waals surface area contributed by atoms with Crippen LogP contribution in [0.5, 0.6) is 0 Å². The SMILES string of the molecule is Nc1nc2c(ncn2[C@H]2C[C@H](ONCC[C@H]3O[C@@H](n4cnc5c(=O)[nH]c(N)nc54)C[C@@H]3O)[C@@H](CO)O2)c(=O)[nH]1. The number of aliphatic hydroxyl groups excluding tert-OH is 2. The molecule has 6 atom stereocenters. The fourth-order valence-electron chi connectivity index (χ4n) is 4.98. The van der Waals surface area contributed by atoms with Crippen LogP contribution in [0.1, 0.15) is 31.7 Å². The number of hydrogen-bond donors (Lipinski definition) is 7. The van der Waals surface area contributed by atoms with Crippen LogP contribution in [0.4, 0.5) is 11.9 Å². The van der Waals surface area contributed by atoms with E-state index >= 15 is 0 Å². The number of nitrogen functional groups attached to an aromatic ring is 2. The summed E-state index contributed by atoms with van der Waals surface area (Å²) in [6.45, 7) is 0.0305. The lowest BCUT2D eigenvalue weighted by Crippen LogP contribution is -2.35. The Morgan fingerprint density at radius 2 is 1.54 bits per heavy atom. The molecule has 9 N–H and O–H groups in total. The first-order chi connectivity index (χ1) is 18.8. The van der Waals surface area contributed by atoms with Gasteiger partial charge in [-0.2, -0.15) is 9.97 Å². The predicted molar refractivity (Wildman–Crippen MR) is 133 cm³/mol. The van der Waals surface area contributed by atoms with E-state index in [1.54, 1.807) is 9.13 Å². The van der Waals surface area contributed by atoms with Gasteiger partial charge in [0.25, 0.3) is 11.1 Å². The van der Waals surface area contributed by atoms with Crippen LogP contribution in [0.2, 0.25) is 0 Å². The average molecular weight is 546 g/mol. The zero-order valence-electron chi connectivity index (χ0n) is 20.4. The molecule has 4 aromatic rings. The zero-order valence-corrected chi connectivity index (χ0v) is 20.4. The normalized spacial score (nSPS) is 27.2. The predicted octanol–water partition coefficient (Wildman–Crippen LogP) is -2.37. The Morgan fingerprint density at radius 3 is 2.13 bits per heavy atom. The minimum Gasteiger partial charge on any atom is -0.394 e. The van der Waals surface area contributed by atoms with Gasteiger partial charge in [-0.25, -0.2) is 15.4 Å². The molecule has 2 aliphatic rings. The van der Waals surface area contributed by atoms with Gasteiger partial charge in [-0.1, -0.05) is 0 Å². The highest BCUT2D eigenvalue weighted by molar-refractivity contribution is 5.71. The Morgan fingerprint density at radius 1 is 0.974 bits per heavy atom. The van der Waals surface area contributed by atoms with Crippen LogP contribution in [0.25, 0.3) is 22.3 Å². The van der Waals surface area contributed by atoms with E-state index in [1.807, 2.05) is 0 Å². The molecule has 2 aliphatic heterocycles.